The molecular formula is C23H30N4O2. The van der Waals surface area contributed by atoms with Crippen LogP contribution in [0.3, 0.4) is 0 Å². The van der Waals surface area contributed by atoms with Crippen LogP contribution in [-0.2, 0) is 17.7 Å². The Hall–Kier alpha value is -2.23. The highest BCUT2D eigenvalue weighted by Gasteiger charge is 2.28. The molecule has 0 amide bonds. The Morgan fingerprint density at radius 3 is 2.90 bits per heavy atom. The number of benzene rings is 1. The summed E-state index contributed by atoms with van der Waals surface area (Å²) < 4.78 is 11.5. The average molecular weight is 395 g/mol. The highest BCUT2D eigenvalue weighted by molar-refractivity contribution is 5.32. The van der Waals surface area contributed by atoms with Gasteiger partial charge in [-0.05, 0) is 55.8 Å². The van der Waals surface area contributed by atoms with Crippen molar-refractivity contribution in [2.45, 2.75) is 64.0 Å². The number of nitrogens with zero attached hydrogens (tertiary/aromatic N) is 4. The molecule has 1 saturated heterocycles. The summed E-state index contributed by atoms with van der Waals surface area (Å²) in [5, 5.41) is 13.3. The van der Waals surface area contributed by atoms with Crippen LogP contribution in [0.15, 0.2) is 28.8 Å². The Morgan fingerprint density at radius 2 is 2.03 bits per heavy atom. The van der Waals surface area contributed by atoms with Crippen LogP contribution in [0, 0.1) is 17.2 Å². The van der Waals surface area contributed by atoms with Crippen molar-refractivity contribution in [3.63, 3.8) is 0 Å². The van der Waals surface area contributed by atoms with Crippen LogP contribution in [-0.4, -0.2) is 34.8 Å². The van der Waals surface area contributed by atoms with Crippen molar-refractivity contribution in [3.8, 4) is 6.07 Å². The molecule has 1 atom stereocenters. The predicted octanol–water partition coefficient (Wildman–Crippen LogP) is 4.42. The van der Waals surface area contributed by atoms with E-state index in [0.717, 1.165) is 43.4 Å². The first kappa shape index (κ1) is 20.1. The second-order valence-corrected chi connectivity index (χ2v) is 8.32. The second kappa shape index (κ2) is 10.00. The van der Waals surface area contributed by atoms with Crippen molar-refractivity contribution in [2.24, 2.45) is 5.92 Å². The number of nitriles is 1. The first-order valence-electron chi connectivity index (χ1n) is 10.9. The van der Waals surface area contributed by atoms with Gasteiger partial charge in [-0.3, -0.25) is 4.90 Å². The minimum absolute atomic E-state index is 0.148. The third-order valence-electron chi connectivity index (χ3n) is 6.12. The fourth-order valence-corrected chi connectivity index (χ4v) is 4.53. The number of ether oxygens (including phenoxy) is 1. The standard InChI is InChI=1S/C23H30N4O2/c24-15-19-8-5-9-20(14-19)16-27-12-4-3-10-21(27)23-25-22(26-29-23)11-13-28-17-18-6-1-2-7-18/h5,8-9,14,18,21H,1-4,6-7,10-13,16-17H2. The van der Waals surface area contributed by atoms with Crippen molar-refractivity contribution in [1.29, 1.82) is 5.26 Å². The Labute approximate surface area is 172 Å². The topological polar surface area (TPSA) is 75.2 Å². The quantitative estimate of drug-likeness (QED) is 0.617. The molecule has 0 spiro atoms. The van der Waals surface area contributed by atoms with E-state index < -0.39 is 0 Å². The fourth-order valence-electron chi connectivity index (χ4n) is 4.53. The largest absolute Gasteiger partial charge is 0.381 e. The van der Waals surface area contributed by atoms with Gasteiger partial charge in [-0.1, -0.05) is 36.6 Å². The van der Waals surface area contributed by atoms with Crippen LogP contribution in [0.4, 0.5) is 0 Å². The minimum atomic E-state index is 0.148. The lowest BCUT2D eigenvalue weighted by atomic mass is 10.0. The molecule has 2 fully saturated rings. The molecule has 29 heavy (non-hydrogen) atoms. The van der Waals surface area contributed by atoms with Gasteiger partial charge in [0.15, 0.2) is 5.82 Å². The van der Waals surface area contributed by atoms with Gasteiger partial charge in [0.25, 0.3) is 0 Å². The molecule has 0 bridgehead atoms. The van der Waals surface area contributed by atoms with Crippen LogP contribution in [0.5, 0.6) is 0 Å². The van der Waals surface area contributed by atoms with Gasteiger partial charge in [0, 0.05) is 19.6 Å². The lowest BCUT2D eigenvalue weighted by Crippen LogP contribution is -2.33. The van der Waals surface area contributed by atoms with E-state index in [1.54, 1.807) is 0 Å². The van der Waals surface area contributed by atoms with Gasteiger partial charge in [0.05, 0.1) is 24.3 Å². The van der Waals surface area contributed by atoms with Gasteiger partial charge >= 0.3 is 0 Å². The zero-order chi connectivity index (χ0) is 19.9. The molecule has 2 aromatic rings. The number of likely N-dealkylation sites (tertiary alicyclic amines) is 1. The lowest BCUT2D eigenvalue weighted by molar-refractivity contribution is 0.102. The number of rotatable bonds is 8. The Balaban J connectivity index is 1.32. The van der Waals surface area contributed by atoms with Crippen molar-refractivity contribution < 1.29 is 9.26 Å². The van der Waals surface area contributed by atoms with E-state index in [1.165, 1.54) is 38.5 Å². The molecule has 1 aromatic carbocycles. The summed E-state index contributed by atoms with van der Waals surface area (Å²) in [6.45, 7) is 3.32. The molecule has 1 aliphatic carbocycles. The van der Waals surface area contributed by atoms with Crippen LogP contribution in [0.1, 0.15) is 73.8 Å². The molecule has 1 aromatic heterocycles. The summed E-state index contributed by atoms with van der Waals surface area (Å²) in [5.74, 6) is 2.20. The molecule has 2 heterocycles. The van der Waals surface area contributed by atoms with Crippen LogP contribution < -0.4 is 0 Å². The SMILES string of the molecule is N#Cc1cccc(CN2CCCCC2c2nc(CCOCC3CCCC3)no2)c1. The zero-order valence-electron chi connectivity index (χ0n) is 17.1. The maximum Gasteiger partial charge on any atom is 0.244 e. The Bertz CT molecular complexity index is 822. The van der Waals surface area contributed by atoms with Gasteiger partial charge < -0.3 is 9.26 Å². The highest BCUT2D eigenvalue weighted by Crippen LogP contribution is 2.31. The van der Waals surface area contributed by atoms with Crippen molar-refractivity contribution in [2.75, 3.05) is 19.8 Å². The van der Waals surface area contributed by atoms with E-state index in [1.807, 2.05) is 18.2 Å². The van der Waals surface area contributed by atoms with E-state index in [-0.39, 0.29) is 6.04 Å². The van der Waals surface area contributed by atoms with Gasteiger partial charge in [0.1, 0.15) is 0 Å². The third-order valence-corrected chi connectivity index (χ3v) is 6.12. The summed E-state index contributed by atoms with van der Waals surface area (Å²) in [4.78, 5) is 7.07. The van der Waals surface area contributed by atoms with Gasteiger partial charge in [0.2, 0.25) is 5.89 Å². The molecule has 0 N–H and O–H groups in total. The highest BCUT2D eigenvalue weighted by atomic mass is 16.5. The summed E-state index contributed by atoms with van der Waals surface area (Å²) >= 11 is 0. The maximum atomic E-state index is 9.14. The van der Waals surface area contributed by atoms with Gasteiger partial charge in [-0.2, -0.15) is 10.2 Å². The molecule has 6 nitrogen and oxygen atoms in total. The van der Waals surface area contributed by atoms with E-state index in [9.17, 15) is 0 Å². The molecule has 1 aliphatic heterocycles. The molecule has 2 aliphatic rings. The number of hydrogen-bond acceptors (Lipinski definition) is 6. The molecule has 1 saturated carbocycles. The van der Waals surface area contributed by atoms with E-state index in [0.29, 0.717) is 24.5 Å². The smallest absolute Gasteiger partial charge is 0.244 e. The second-order valence-electron chi connectivity index (χ2n) is 8.32. The van der Waals surface area contributed by atoms with E-state index in [2.05, 4.69) is 27.2 Å². The van der Waals surface area contributed by atoms with Crippen molar-refractivity contribution >= 4 is 0 Å². The summed E-state index contributed by atoms with van der Waals surface area (Å²) in [5.41, 5.74) is 1.85. The summed E-state index contributed by atoms with van der Waals surface area (Å²) in [6.07, 6.45) is 9.38. The van der Waals surface area contributed by atoms with E-state index in [4.69, 9.17) is 14.5 Å². The van der Waals surface area contributed by atoms with Crippen LogP contribution >= 0.6 is 0 Å². The number of hydrogen-bond donors (Lipinski definition) is 0. The minimum Gasteiger partial charge on any atom is -0.381 e. The van der Waals surface area contributed by atoms with Crippen molar-refractivity contribution in [3.05, 3.63) is 47.1 Å². The monoisotopic (exact) mass is 394 g/mol. The maximum absolute atomic E-state index is 9.14. The van der Waals surface area contributed by atoms with Gasteiger partial charge in [-0.25, -0.2) is 0 Å². The third kappa shape index (κ3) is 5.43. The molecule has 1 unspecified atom stereocenters. The van der Waals surface area contributed by atoms with E-state index >= 15 is 0 Å². The normalized spacial score (nSPS) is 20.7. The fraction of sp³-hybridized carbons (Fsp3) is 0.609. The first-order valence-corrected chi connectivity index (χ1v) is 10.9. The molecule has 0 radical (unpaired) electrons. The zero-order valence-corrected chi connectivity index (χ0v) is 17.1. The molecule has 154 valence electrons. The van der Waals surface area contributed by atoms with Crippen molar-refractivity contribution in [1.82, 2.24) is 15.0 Å². The predicted molar refractivity (Wildman–Crippen MR) is 109 cm³/mol. The average Bonchev–Trinajstić information content (AvgIpc) is 3.44. The Morgan fingerprint density at radius 1 is 1.17 bits per heavy atom. The molecular weight excluding hydrogens is 364 g/mol. The van der Waals surface area contributed by atoms with Gasteiger partial charge in [-0.15, -0.1) is 0 Å². The first-order chi connectivity index (χ1) is 14.3. The summed E-state index contributed by atoms with van der Waals surface area (Å²) in [7, 11) is 0. The molecule has 4 rings (SSSR count). The summed E-state index contributed by atoms with van der Waals surface area (Å²) in [6, 6.07) is 10.2. The van der Waals surface area contributed by atoms with Crippen LogP contribution in [0.25, 0.3) is 0 Å². The molecule has 6 heteroatoms. The van der Waals surface area contributed by atoms with Crippen LogP contribution in [0.2, 0.25) is 0 Å². The lowest BCUT2D eigenvalue weighted by Gasteiger charge is -2.33. The number of aromatic nitrogens is 2. The Kier molecular flexibility index (Phi) is 6.91. The number of piperidine rings is 1.